The predicted molar refractivity (Wildman–Crippen MR) is 159 cm³/mol. The van der Waals surface area contributed by atoms with Gasteiger partial charge in [0.1, 0.15) is 0 Å². The fraction of sp³-hybridized carbons (Fsp3) is 0.657. The first-order valence-electron chi connectivity index (χ1n) is 15.5. The minimum absolute atomic E-state index is 0.184. The van der Waals surface area contributed by atoms with Gasteiger partial charge in [0.05, 0.1) is 12.2 Å². The van der Waals surface area contributed by atoms with Gasteiger partial charge in [0.2, 0.25) is 0 Å². The molecular formula is C35H54O2. The molecule has 37 heavy (non-hydrogen) atoms. The monoisotopic (exact) mass is 506 g/mol. The van der Waals surface area contributed by atoms with Crippen molar-refractivity contribution >= 4 is 0 Å². The Labute approximate surface area is 227 Å². The number of aliphatic hydroxyl groups excluding tert-OH is 2. The van der Waals surface area contributed by atoms with E-state index in [1.54, 1.807) is 18.1 Å². The molecule has 2 aromatic carbocycles. The standard InChI is InChI=1S/C35H54O2/c1-5-6-7-15-22-35(23-16-13-11-9-8-10-12-14-17-30(37)26-29(4)36)33-24-27(2)18-20-31(33)32-21-19-28(3)25-34(32)35/h18-21,24-25,29-30,36-37H,5-17,22-23,26H2,1-4H3. The molecule has 0 radical (unpaired) electrons. The number of aliphatic hydroxyl groups is 2. The molecule has 2 aromatic rings. The summed E-state index contributed by atoms with van der Waals surface area (Å²) < 4.78 is 0. The van der Waals surface area contributed by atoms with Gasteiger partial charge < -0.3 is 10.2 Å². The van der Waals surface area contributed by atoms with Crippen LogP contribution >= 0.6 is 0 Å². The van der Waals surface area contributed by atoms with E-state index in [2.05, 4.69) is 57.2 Å². The maximum Gasteiger partial charge on any atom is 0.0564 e. The van der Waals surface area contributed by atoms with E-state index in [1.807, 2.05) is 0 Å². The summed E-state index contributed by atoms with van der Waals surface area (Å²) in [6, 6.07) is 14.4. The van der Waals surface area contributed by atoms with Crippen LogP contribution in [0.25, 0.3) is 11.1 Å². The van der Waals surface area contributed by atoms with Gasteiger partial charge in [-0.25, -0.2) is 0 Å². The van der Waals surface area contributed by atoms with Crippen LogP contribution in [0.15, 0.2) is 36.4 Å². The van der Waals surface area contributed by atoms with E-state index in [9.17, 15) is 10.2 Å². The summed E-state index contributed by atoms with van der Waals surface area (Å²) in [7, 11) is 0. The molecule has 0 bridgehead atoms. The largest absolute Gasteiger partial charge is 0.393 e. The Kier molecular flexibility index (Phi) is 12.2. The van der Waals surface area contributed by atoms with Gasteiger partial charge in [-0.1, -0.05) is 131 Å². The first kappa shape index (κ1) is 29.9. The molecule has 0 amide bonds. The highest BCUT2D eigenvalue weighted by Gasteiger charge is 2.42. The number of aryl methyl sites for hydroxylation is 2. The molecule has 2 nitrogen and oxygen atoms in total. The lowest BCUT2D eigenvalue weighted by atomic mass is 9.70. The zero-order valence-corrected chi connectivity index (χ0v) is 24.3. The lowest BCUT2D eigenvalue weighted by Crippen LogP contribution is -2.25. The second-order valence-corrected chi connectivity index (χ2v) is 12.1. The summed E-state index contributed by atoms with van der Waals surface area (Å²) in [6.07, 6.45) is 18.6. The van der Waals surface area contributed by atoms with E-state index in [-0.39, 0.29) is 11.5 Å². The van der Waals surface area contributed by atoms with Gasteiger partial charge in [0.15, 0.2) is 0 Å². The van der Waals surface area contributed by atoms with Crippen molar-refractivity contribution in [3.8, 4) is 11.1 Å². The number of rotatable bonds is 18. The van der Waals surface area contributed by atoms with E-state index in [4.69, 9.17) is 0 Å². The van der Waals surface area contributed by atoms with Crippen molar-refractivity contribution in [2.75, 3.05) is 0 Å². The van der Waals surface area contributed by atoms with Crippen LogP contribution in [0.4, 0.5) is 0 Å². The van der Waals surface area contributed by atoms with Gasteiger partial charge in [-0.05, 0) is 68.7 Å². The van der Waals surface area contributed by atoms with Crippen molar-refractivity contribution in [2.24, 2.45) is 0 Å². The summed E-state index contributed by atoms with van der Waals surface area (Å²) in [5.74, 6) is 0. The fourth-order valence-corrected chi connectivity index (χ4v) is 6.62. The maximum absolute atomic E-state index is 9.90. The third-order valence-electron chi connectivity index (χ3n) is 8.63. The average Bonchev–Trinajstić information content (AvgIpc) is 3.11. The molecule has 206 valence electrons. The number of hydrogen-bond donors (Lipinski definition) is 2. The van der Waals surface area contributed by atoms with Crippen molar-refractivity contribution < 1.29 is 10.2 Å². The molecule has 2 heteroatoms. The molecule has 0 aromatic heterocycles. The Hall–Kier alpha value is -1.64. The van der Waals surface area contributed by atoms with Gasteiger partial charge in [0.25, 0.3) is 0 Å². The summed E-state index contributed by atoms with van der Waals surface area (Å²) in [4.78, 5) is 0. The van der Waals surface area contributed by atoms with Crippen molar-refractivity contribution in [3.05, 3.63) is 58.7 Å². The van der Waals surface area contributed by atoms with Gasteiger partial charge in [-0.3, -0.25) is 0 Å². The molecule has 1 aliphatic rings. The van der Waals surface area contributed by atoms with Crippen LogP contribution in [0.2, 0.25) is 0 Å². The van der Waals surface area contributed by atoms with Crippen molar-refractivity contribution in [2.45, 2.75) is 148 Å². The number of fused-ring (bicyclic) bond motifs is 3. The molecule has 0 saturated heterocycles. The molecule has 2 atom stereocenters. The zero-order valence-electron chi connectivity index (χ0n) is 24.3. The SMILES string of the molecule is CCCCCCC1(CCCCCCCCCCC(O)CC(C)O)c2cc(C)ccc2-c2ccc(C)cc21. The lowest BCUT2D eigenvalue weighted by molar-refractivity contribution is 0.0834. The van der Waals surface area contributed by atoms with Gasteiger partial charge in [-0.2, -0.15) is 0 Å². The zero-order chi connectivity index (χ0) is 26.7. The number of unbranched alkanes of at least 4 members (excludes halogenated alkanes) is 10. The van der Waals surface area contributed by atoms with Crippen LogP contribution in [0.1, 0.15) is 139 Å². The topological polar surface area (TPSA) is 40.5 Å². The molecule has 1 aliphatic carbocycles. The highest BCUT2D eigenvalue weighted by atomic mass is 16.3. The summed E-state index contributed by atoms with van der Waals surface area (Å²) in [5, 5.41) is 19.3. The first-order chi connectivity index (χ1) is 17.9. The minimum Gasteiger partial charge on any atom is -0.393 e. The molecule has 0 fully saturated rings. The molecule has 0 saturated carbocycles. The van der Waals surface area contributed by atoms with Crippen LogP contribution in [-0.4, -0.2) is 22.4 Å². The summed E-state index contributed by atoms with van der Waals surface area (Å²) in [5.41, 5.74) is 9.12. The van der Waals surface area contributed by atoms with Crippen molar-refractivity contribution in [3.63, 3.8) is 0 Å². The summed E-state index contributed by atoms with van der Waals surface area (Å²) >= 11 is 0. The molecule has 0 aliphatic heterocycles. The van der Waals surface area contributed by atoms with Crippen LogP contribution in [0, 0.1) is 13.8 Å². The molecule has 2 unspecified atom stereocenters. The predicted octanol–water partition coefficient (Wildman–Crippen LogP) is 9.57. The Morgan fingerprint density at radius 2 is 1.11 bits per heavy atom. The highest BCUT2D eigenvalue weighted by Crippen LogP contribution is 2.54. The average molecular weight is 507 g/mol. The summed E-state index contributed by atoms with van der Waals surface area (Å²) in [6.45, 7) is 8.57. The molecular weight excluding hydrogens is 452 g/mol. The third kappa shape index (κ3) is 8.42. The number of benzene rings is 2. The van der Waals surface area contributed by atoms with Gasteiger partial charge in [-0.15, -0.1) is 0 Å². The number of hydrogen-bond acceptors (Lipinski definition) is 2. The smallest absolute Gasteiger partial charge is 0.0564 e. The molecule has 2 N–H and O–H groups in total. The quantitative estimate of drug-likeness (QED) is 0.198. The van der Waals surface area contributed by atoms with Crippen LogP contribution in [0.3, 0.4) is 0 Å². The highest BCUT2D eigenvalue weighted by molar-refractivity contribution is 5.81. The second kappa shape index (κ2) is 15.1. The van der Waals surface area contributed by atoms with E-state index < -0.39 is 6.10 Å². The molecule has 0 spiro atoms. The van der Waals surface area contributed by atoms with Crippen molar-refractivity contribution in [1.29, 1.82) is 0 Å². The minimum atomic E-state index is -0.398. The van der Waals surface area contributed by atoms with Crippen molar-refractivity contribution in [1.82, 2.24) is 0 Å². The van der Waals surface area contributed by atoms with E-state index in [0.717, 1.165) is 12.8 Å². The lowest BCUT2D eigenvalue weighted by Gasteiger charge is -2.33. The Balaban J connectivity index is 1.54. The second-order valence-electron chi connectivity index (χ2n) is 12.1. The third-order valence-corrected chi connectivity index (χ3v) is 8.63. The molecule has 0 heterocycles. The van der Waals surface area contributed by atoms with Crippen LogP contribution in [-0.2, 0) is 5.41 Å². The van der Waals surface area contributed by atoms with E-state index in [1.165, 1.54) is 106 Å². The Morgan fingerprint density at radius 3 is 1.59 bits per heavy atom. The van der Waals surface area contributed by atoms with E-state index >= 15 is 0 Å². The Bertz CT molecular complexity index is 893. The van der Waals surface area contributed by atoms with E-state index in [0.29, 0.717) is 6.42 Å². The maximum atomic E-state index is 9.90. The van der Waals surface area contributed by atoms with Gasteiger partial charge >= 0.3 is 0 Å². The van der Waals surface area contributed by atoms with Crippen LogP contribution in [0.5, 0.6) is 0 Å². The van der Waals surface area contributed by atoms with Gasteiger partial charge in [0, 0.05) is 5.41 Å². The fourth-order valence-electron chi connectivity index (χ4n) is 6.62. The molecule has 3 rings (SSSR count). The van der Waals surface area contributed by atoms with Crippen LogP contribution < -0.4 is 0 Å². The normalized spacial score (nSPS) is 15.4. The first-order valence-corrected chi connectivity index (χ1v) is 15.5. The Morgan fingerprint density at radius 1 is 0.649 bits per heavy atom.